The lowest BCUT2D eigenvalue weighted by molar-refractivity contribution is -0.192. The lowest BCUT2D eigenvalue weighted by Gasteiger charge is -2.34. The summed E-state index contributed by atoms with van der Waals surface area (Å²) in [5.41, 5.74) is -0.908. The molecule has 28 heavy (non-hydrogen) atoms. The number of aromatic nitrogens is 1. The molecule has 3 rings (SSSR count). The predicted molar refractivity (Wildman–Crippen MR) is 95.9 cm³/mol. The zero-order valence-electron chi connectivity index (χ0n) is 14.3. The van der Waals surface area contributed by atoms with Crippen molar-refractivity contribution in [1.29, 1.82) is 0 Å². The number of aliphatic carboxylic acids is 1. The monoisotopic (exact) mass is 441 g/mol. The number of thiazole rings is 1. The van der Waals surface area contributed by atoms with Crippen LogP contribution in [-0.4, -0.2) is 69.8 Å². The highest BCUT2D eigenvalue weighted by atomic mass is 35.5. The molecule has 6 nitrogen and oxygen atoms in total. The highest BCUT2D eigenvalue weighted by Gasteiger charge is 2.38. The number of carboxylic acid groups (broad SMARTS) is 1. The van der Waals surface area contributed by atoms with Gasteiger partial charge >= 0.3 is 12.1 Å². The van der Waals surface area contributed by atoms with Crippen molar-refractivity contribution >= 4 is 45.0 Å². The third-order valence-electron chi connectivity index (χ3n) is 3.81. The second-order valence-corrected chi connectivity index (χ2v) is 7.28. The molecule has 1 fully saturated rings. The van der Waals surface area contributed by atoms with Crippen LogP contribution in [-0.2, 0) is 16.1 Å². The van der Waals surface area contributed by atoms with Gasteiger partial charge in [0, 0.05) is 26.2 Å². The molecule has 1 atom stereocenters. The average Bonchev–Trinajstić information content (AvgIpc) is 3.03. The van der Waals surface area contributed by atoms with Crippen molar-refractivity contribution in [1.82, 2.24) is 14.8 Å². The molecule has 0 spiro atoms. The van der Waals surface area contributed by atoms with E-state index < -0.39 is 23.7 Å². The summed E-state index contributed by atoms with van der Waals surface area (Å²) in [7, 11) is 0. The van der Waals surface area contributed by atoms with Crippen LogP contribution < -0.4 is 0 Å². The third-order valence-corrected chi connectivity index (χ3v) is 5.02. The fourth-order valence-corrected chi connectivity index (χ4v) is 3.59. The highest BCUT2D eigenvalue weighted by Crippen LogP contribution is 2.23. The van der Waals surface area contributed by atoms with Gasteiger partial charge in [-0.05, 0) is 12.1 Å². The number of carbonyl (C=O) groups excluding carboxylic acids is 1. The van der Waals surface area contributed by atoms with E-state index in [9.17, 15) is 22.4 Å². The maximum absolute atomic E-state index is 12.8. The van der Waals surface area contributed by atoms with E-state index in [-0.39, 0.29) is 0 Å². The van der Waals surface area contributed by atoms with E-state index in [1.807, 2.05) is 18.2 Å². The number of fused-ring (bicyclic) bond motifs is 1. The number of carboxylic acids is 1. The first kappa shape index (κ1) is 22.3. The van der Waals surface area contributed by atoms with Crippen molar-refractivity contribution in [3.63, 3.8) is 0 Å². The maximum Gasteiger partial charge on any atom is 0.490 e. The zero-order chi connectivity index (χ0) is 20.9. The van der Waals surface area contributed by atoms with Gasteiger partial charge in [0.15, 0.2) is 0 Å². The largest absolute Gasteiger partial charge is 0.490 e. The Kier molecular flexibility index (Phi) is 7.55. The van der Waals surface area contributed by atoms with E-state index in [0.717, 1.165) is 17.1 Å². The van der Waals surface area contributed by atoms with Gasteiger partial charge in [-0.25, -0.2) is 14.2 Å². The predicted octanol–water partition coefficient (Wildman–Crippen LogP) is 3.11. The molecule has 154 valence electrons. The number of rotatable bonds is 3. The Bertz CT molecular complexity index is 790. The van der Waals surface area contributed by atoms with E-state index in [2.05, 4.69) is 16.0 Å². The maximum atomic E-state index is 12.8. The fraction of sp³-hybridized carbons (Fsp3) is 0.438. The summed E-state index contributed by atoms with van der Waals surface area (Å²) in [4.78, 5) is 28.7. The lowest BCUT2D eigenvalue weighted by atomic mass is 10.3. The first-order valence-electron chi connectivity index (χ1n) is 8.02. The van der Waals surface area contributed by atoms with E-state index in [4.69, 9.17) is 21.5 Å². The van der Waals surface area contributed by atoms with Crippen molar-refractivity contribution < 1.29 is 32.3 Å². The summed E-state index contributed by atoms with van der Waals surface area (Å²) < 4.78 is 45.7. The second-order valence-electron chi connectivity index (χ2n) is 5.78. The summed E-state index contributed by atoms with van der Waals surface area (Å²) in [6.07, 6.45) is -5.08. The molecule has 1 aromatic heterocycles. The van der Waals surface area contributed by atoms with Gasteiger partial charge in [0.25, 0.3) is 11.5 Å². The van der Waals surface area contributed by atoms with Gasteiger partial charge in [0.2, 0.25) is 0 Å². The quantitative estimate of drug-likeness (QED) is 0.585. The van der Waals surface area contributed by atoms with Crippen LogP contribution in [0.25, 0.3) is 10.2 Å². The third kappa shape index (κ3) is 6.28. The molecular weight excluding hydrogens is 426 g/mol. The summed E-state index contributed by atoms with van der Waals surface area (Å²) in [6.45, 7) is 3.21. The summed E-state index contributed by atoms with van der Waals surface area (Å²) >= 11 is 6.88. The first-order chi connectivity index (χ1) is 13.1. The molecule has 0 radical (unpaired) electrons. The van der Waals surface area contributed by atoms with Crippen LogP contribution in [0.5, 0.6) is 0 Å². The molecule has 1 aliphatic rings. The number of benzene rings is 1. The molecule has 12 heteroatoms. The van der Waals surface area contributed by atoms with Gasteiger partial charge < -0.3 is 10.0 Å². The number of piperazine rings is 1. The van der Waals surface area contributed by atoms with Crippen LogP contribution in [0.3, 0.4) is 0 Å². The number of alkyl halides is 5. The zero-order valence-corrected chi connectivity index (χ0v) is 15.9. The van der Waals surface area contributed by atoms with Gasteiger partial charge in [-0.2, -0.15) is 13.2 Å². The average molecular weight is 442 g/mol. The van der Waals surface area contributed by atoms with Crippen molar-refractivity contribution in [2.75, 3.05) is 26.2 Å². The topological polar surface area (TPSA) is 73.7 Å². The van der Waals surface area contributed by atoms with Gasteiger partial charge in [-0.1, -0.05) is 23.7 Å². The molecule has 1 aromatic carbocycles. The Morgan fingerprint density at radius 2 is 1.79 bits per heavy atom. The van der Waals surface area contributed by atoms with E-state index >= 15 is 0 Å². The van der Waals surface area contributed by atoms with Crippen LogP contribution in [0.4, 0.5) is 17.6 Å². The Balaban J connectivity index is 0.000000345. The molecule has 2 heterocycles. The molecular formula is C16H16ClF4N3O3S. The fourth-order valence-electron chi connectivity index (χ4n) is 2.44. The molecule has 1 saturated heterocycles. The van der Waals surface area contributed by atoms with E-state index in [1.165, 1.54) is 9.60 Å². The molecule has 0 saturated carbocycles. The van der Waals surface area contributed by atoms with Crippen LogP contribution >= 0.6 is 22.9 Å². The van der Waals surface area contributed by atoms with E-state index in [1.54, 1.807) is 11.3 Å². The molecule has 1 unspecified atom stereocenters. The van der Waals surface area contributed by atoms with Gasteiger partial charge in [-0.3, -0.25) is 9.69 Å². The van der Waals surface area contributed by atoms with Crippen molar-refractivity contribution in [3.05, 3.63) is 29.3 Å². The molecule has 1 N–H and O–H groups in total. The molecule has 0 aliphatic carbocycles. The number of hydrogen-bond donors (Lipinski definition) is 1. The Hall–Kier alpha value is -1.98. The number of carbonyl (C=O) groups is 2. The lowest BCUT2D eigenvalue weighted by Crippen LogP contribution is -2.49. The Morgan fingerprint density at radius 1 is 1.21 bits per heavy atom. The van der Waals surface area contributed by atoms with Crippen molar-refractivity contribution in [2.45, 2.75) is 18.4 Å². The van der Waals surface area contributed by atoms with E-state index in [0.29, 0.717) is 26.2 Å². The van der Waals surface area contributed by atoms with Crippen LogP contribution in [0.1, 0.15) is 5.01 Å². The number of para-hydroxylation sites is 1. The van der Waals surface area contributed by atoms with Crippen LogP contribution in [0.2, 0.25) is 0 Å². The molecule has 0 bridgehead atoms. The number of hydrogen-bond acceptors (Lipinski definition) is 5. The Labute approximate surface area is 166 Å². The van der Waals surface area contributed by atoms with Crippen LogP contribution in [0.15, 0.2) is 24.3 Å². The first-order valence-corrected chi connectivity index (χ1v) is 9.27. The number of amides is 1. The Morgan fingerprint density at radius 3 is 2.29 bits per heavy atom. The number of halogens is 5. The smallest absolute Gasteiger partial charge is 0.475 e. The van der Waals surface area contributed by atoms with Crippen LogP contribution in [0, 0.1) is 0 Å². The molecule has 1 aliphatic heterocycles. The number of nitrogens with zero attached hydrogens (tertiary/aromatic N) is 3. The second kappa shape index (κ2) is 9.48. The van der Waals surface area contributed by atoms with Gasteiger partial charge in [-0.15, -0.1) is 11.3 Å². The molecule has 2 aromatic rings. The van der Waals surface area contributed by atoms with Crippen molar-refractivity contribution in [3.8, 4) is 0 Å². The van der Waals surface area contributed by atoms with Gasteiger partial charge in [0.05, 0.1) is 16.8 Å². The minimum atomic E-state index is -5.08. The van der Waals surface area contributed by atoms with Gasteiger partial charge in [0.1, 0.15) is 5.01 Å². The highest BCUT2D eigenvalue weighted by molar-refractivity contribution is 7.18. The summed E-state index contributed by atoms with van der Waals surface area (Å²) in [5.74, 6) is -3.39. The molecule has 1 amide bonds. The minimum Gasteiger partial charge on any atom is -0.475 e. The summed E-state index contributed by atoms with van der Waals surface area (Å²) in [6, 6.07) is 8.06. The standard InChI is InChI=1S/C14H15ClFN3OS.C2HF3O2/c15-13(16)14(20)19-7-5-18(6-8-19)9-12-17-10-3-1-2-4-11(10)21-12;3-2(4,5)1(6)7/h1-4,13H,5-9H2;(H,6,7). The SMILES string of the molecule is O=C(C(F)Cl)N1CCN(Cc2nc3ccccc3s2)CC1.O=C(O)C(F)(F)F. The summed E-state index contributed by atoms with van der Waals surface area (Å²) in [5, 5.41) is 8.19. The van der Waals surface area contributed by atoms with Crippen molar-refractivity contribution in [2.24, 2.45) is 0 Å². The minimum absolute atomic E-state index is 0.511. The normalized spacial score (nSPS) is 16.4.